The van der Waals surface area contributed by atoms with E-state index in [0.717, 1.165) is 18.7 Å². The summed E-state index contributed by atoms with van der Waals surface area (Å²) in [5, 5.41) is 2.94. The van der Waals surface area contributed by atoms with Crippen LogP contribution in [-0.2, 0) is 11.2 Å². The second-order valence-corrected chi connectivity index (χ2v) is 6.65. The maximum atomic E-state index is 11.5. The molecule has 0 unspecified atom stereocenters. The number of anilines is 2. The number of carbonyl (C=O) groups is 1. The number of benzene rings is 1. The Morgan fingerprint density at radius 1 is 1.32 bits per heavy atom. The van der Waals surface area contributed by atoms with Crippen LogP contribution in [0.5, 0.6) is 0 Å². The summed E-state index contributed by atoms with van der Waals surface area (Å²) >= 11 is 0. The van der Waals surface area contributed by atoms with Gasteiger partial charge in [-0.05, 0) is 51.0 Å². The van der Waals surface area contributed by atoms with E-state index < -0.39 is 0 Å². The molecule has 0 aromatic heterocycles. The molecule has 1 aromatic rings. The van der Waals surface area contributed by atoms with Crippen molar-refractivity contribution in [1.29, 1.82) is 0 Å². The Morgan fingerprint density at radius 3 is 2.82 bits per heavy atom. The van der Waals surface area contributed by atoms with Crippen LogP contribution < -0.4 is 10.2 Å². The Morgan fingerprint density at radius 2 is 2.09 bits per heavy atom. The van der Waals surface area contributed by atoms with Gasteiger partial charge in [-0.1, -0.05) is 24.0 Å². The number of rotatable bonds is 3. The van der Waals surface area contributed by atoms with Gasteiger partial charge in [0.1, 0.15) is 0 Å². The lowest BCUT2D eigenvalue weighted by Gasteiger charge is -2.25. The number of carbonyl (C=O) groups excluding carboxylic acids is 1. The molecule has 1 aromatic carbocycles. The van der Waals surface area contributed by atoms with Crippen LogP contribution in [-0.4, -0.2) is 19.5 Å². The van der Waals surface area contributed by atoms with Gasteiger partial charge in [-0.2, -0.15) is 0 Å². The average Bonchev–Trinajstić information content (AvgIpc) is 2.44. The largest absolute Gasteiger partial charge is 0.371 e. The summed E-state index contributed by atoms with van der Waals surface area (Å²) < 4.78 is 0. The minimum atomic E-state index is 0.0347. The highest BCUT2D eigenvalue weighted by atomic mass is 16.1. The van der Waals surface area contributed by atoms with E-state index in [1.165, 1.54) is 11.3 Å². The second kappa shape index (κ2) is 6.70. The number of hydrogen-bond donors (Lipinski definition) is 1. The van der Waals surface area contributed by atoms with Gasteiger partial charge in [0.15, 0.2) is 0 Å². The molecule has 0 saturated carbocycles. The smallest absolute Gasteiger partial charge is 0.224 e. The number of hydrogen-bond acceptors (Lipinski definition) is 2. The molecule has 1 N–H and O–H groups in total. The van der Waals surface area contributed by atoms with Crippen molar-refractivity contribution in [3.63, 3.8) is 0 Å². The third-order valence-electron chi connectivity index (χ3n) is 3.47. The summed E-state index contributed by atoms with van der Waals surface area (Å²) in [7, 11) is 2.06. The van der Waals surface area contributed by atoms with Gasteiger partial charge in [0.05, 0.1) is 0 Å². The molecule has 0 radical (unpaired) electrons. The SMILES string of the molecule is CN(C/C=C\C#CC(C)(C)C)c1cccc2c1CCC(=O)N2. The van der Waals surface area contributed by atoms with Crippen LogP contribution in [0.15, 0.2) is 30.4 Å². The van der Waals surface area contributed by atoms with E-state index >= 15 is 0 Å². The topological polar surface area (TPSA) is 32.3 Å². The summed E-state index contributed by atoms with van der Waals surface area (Å²) in [6.07, 6.45) is 5.35. The predicted octanol–water partition coefficient (Wildman–Crippen LogP) is 3.61. The Hall–Kier alpha value is -2.21. The Balaban J connectivity index is 2.06. The van der Waals surface area contributed by atoms with Crippen molar-refractivity contribution in [2.75, 3.05) is 23.8 Å². The monoisotopic (exact) mass is 296 g/mol. The fourth-order valence-corrected chi connectivity index (χ4v) is 2.39. The Labute approximate surface area is 133 Å². The minimum Gasteiger partial charge on any atom is -0.371 e. The Kier molecular flexibility index (Phi) is 4.92. The van der Waals surface area contributed by atoms with Crippen LogP contribution in [0.3, 0.4) is 0 Å². The van der Waals surface area contributed by atoms with Crippen molar-refractivity contribution in [3.05, 3.63) is 35.9 Å². The molecule has 1 heterocycles. The van der Waals surface area contributed by atoms with Gasteiger partial charge in [-0.25, -0.2) is 0 Å². The van der Waals surface area contributed by atoms with Crippen molar-refractivity contribution in [2.45, 2.75) is 33.6 Å². The first-order valence-corrected chi connectivity index (χ1v) is 7.67. The van der Waals surface area contributed by atoms with Crippen LogP contribution in [0.4, 0.5) is 11.4 Å². The fraction of sp³-hybridized carbons (Fsp3) is 0.421. The average molecular weight is 296 g/mol. The summed E-state index contributed by atoms with van der Waals surface area (Å²) in [6, 6.07) is 6.05. The zero-order chi connectivity index (χ0) is 16.2. The standard InChI is InChI=1S/C19H24N2O/c1-19(2,3)13-6-5-7-14-21(4)17-10-8-9-16-15(17)11-12-18(22)20-16/h5,7-10H,11-12,14H2,1-4H3,(H,20,22)/b7-5-. The number of amides is 1. The van der Waals surface area contributed by atoms with E-state index in [1.54, 1.807) is 0 Å². The van der Waals surface area contributed by atoms with Crippen molar-refractivity contribution in [2.24, 2.45) is 5.41 Å². The van der Waals surface area contributed by atoms with Gasteiger partial charge in [0.2, 0.25) is 5.91 Å². The maximum absolute atomic E-state index is 11.5. The fourth-order valence-electron chi connectivity index (χ4n) is 2.39. The molecule has 0 bridgehead atoms. The first-order chi connectivity index (χ1) is 10.4. The maximum Gasteiger partial charge on any atom is 0.224 e. The number of allylic oxidation sites excluding steroid dienone is 1. The lowest BCUT2D eigenvalue weighted by atomic mass is 9.98. The van der Waals surface area contributed by atoms with E-state index in [4.69, 9.17) is 0 Å². The molecule has 2 rings (SSSR count). The molecule has 0 fully saturated rings. The predicted molar refractivity (Wildman–Crippen MR) is 93.0 cm³/mol. The van der Waals surface area contributed by atoms with Crippen LogP contribution in [0.2, 0.25) is 0 Å². The first-order valence-electron chi connectivity index (χ1n) is 7.67. The summed E-state index contributed by atoms with van der Waals surface area (Å²) in [5.74, 6) is 6.37. The van der Waals surface area contributed by atoms with Crippen molar-refractivity contribution in [3.8, 4) is 11.8 Å². The quantitative estimate of drug-likeness (QED) is 0.864. The van der Waals surface area contributed by atoms with Crippen molar-refractivity contribution >= 4 is 17.3 Å². The molecule has 3 heteroatoms. The summed E-state index contributed by atoms with van der Waals surface area (Å²) in [4.78, 5) is 13.7. The molecule has 1 aliphatic rings. The van der Waals surface area contributed by atoms with Crippen molar-refractivity contribution in [1.82, 2.24) is 0 Å². The van der Waals surface area contributed by atoms with Gasteiger partial charge >= 0.3 is 0 Å². The molecule has 0 atom stereocenters. The van der Waals surface area contributed by atoms with Gasteiger partial charge in [-0.3, -0.25) is 4.79 Å². The van der Waals surface area contributed by atoms with E-state index in [2.05, 4.69) is 62.0 Å². The van der Waals surface area contributed by atoms with Crippen LogP contribution in [0.25, 0.3) is 0 Å². The molecular weight excluding hydrogens is 272 g/mol. The zero-order valence-electron chi connectivity index (χ0n) is 13.9. The molecular formula is C19H24N2O. The molecule has 3 nitrogen and oxygen atoms in total. The normalized spacial score (nSPS) is 14.1. The number of nitrogens with one attached hydrogen (secondary N) is 1. The second-order valence-electron chi connectivity index (χ2n) is 6.65. The molecule has 0 saturated heterocycles. The van der Waals surface area contributed by atoms with Gasteiger partial charge in [-0.15, -0.1) is 0 Å². The third kappa shape index (κ3) is 4.39. The van der Waals surface area contributed by atoms with Crippen LogP contribution >= 0.6 is 0 Å². The number of nitrogens with zero attached hydrogens (tertiary/aromatic N) is 1. The molecule has 1 amide bonds. The molecule has 1 aliphatic heterocycles. The van der Waals surface area contributed by atoms with Crippen molar-refractivity contribution < 1.29 is 4.79 Å². The molecule has 0 spiro atoms. The van der Waals surface area contributed by atoms with E-state index in [9.17, 15) is 4.79 Å². The van der Waals surface area contributed by atoms with E-state index in [1.807, 2.05) is 18.2 Å². The van der Waals surface area contributed by atoms with E-state index in [0.29, 0.717) is 6.42 Å². The summed E-state index contributed by atoms with van der Waals surface area (Å²) in [6.45, 7) is 7.10. The molecule has 0 aliphatic carbocycles. The highest BCUT2D eigenvalue weighted by Gasteiger charge is 2.18. The number of fused-ring (bicyclic) bond motifs is 1. The highest BCUT2D eigenvalue weighted by Crippen LogP contribution is 2.31. The van der Waals surface area contributed by atoms with Gasteiger partial charge in [0.25, 0.3) is 0 Å². The van der Waals surface area contributed by atoms with Crippen LogP contribution in [0.1, 0.15) is 32.8 Å². The van der Waals surface area contributed by atoms with Gasteiger partial charge < -0.3 is 10.2 Å². The minimum absolute atomic E-state index is 0.0347. The lowest BCUT2D eigenvalue weighted by molar-refractivity contribution is -0.116. The van der Waals surface area contributed by atoms with Crippen LogP contribution in [0, 0.1) is 17.3 Å². The van der Waals surface area contributed by atoms with E-state index in [-0.39, 0.29) is 11.3 Å². The van der Waals surface area contributed by atoms with Gasteiger partial charge in [0, 0.05) is 36.8 Å². The lowest BCUT2D eigenvalue weighted by Crippen LogP contribution is -2.24. The summed E-state index contributed by atoms with van der Waals surface area (Å²) in [5.41, 5.74) is 3.37. The first kappa shape index (κ1) is 16.2. The highest BCUT2D eigenvalue weighted by molar-refractivity contribution is 5.95. The molecule has 116 valence electrons. The molecule has 22 heavy (non-hydrogen) atoms. The third-order valence-corrected chi connectivity index (χ3v) is 3.47. The Bertz CT molecular complexity index is 642. The number of likely N-dealkylation sites (N-methyl/N-ethyl adjacent to an activating group) is 1. The zero-order valence-corrected chi connectivity index (χ0v) is 13.9.